The number of hydrogen-bond donors (Lipinski definition) is 0. The van der Waals surface area contributed by atoms with Crippen LogP contribution in [0.25, 0.3) is 0 Å². The molecule has 0 amide bonds. The predicted octanol–water partition coefficient (Wildman–Crippen LogP) is 4.10. The summed E-state index contributed by atoms with van der Waals surface area (Å²) in [6, 6.07) is 0. The molecule has 16 heavy (non-hydrogen) atoms. The van der Waals surface area contributed by atoms with E-state index in [0.29, 0.717) is 10.8 Å². The second-order valence-electron chi connectivity index (χ2n) is 7.26. The Morgan fingerprint density at radius 2 is 1.06 bits per heavy atom. The fourth-order valence-corrected chi connectivity index (χ4v) is 2.67. The van der Waals surface area contributed by atoms with Crippen LogP contribution in [0.5, 0.6) is 0 Å². The summed E-state index contributed by atoms with van der Waals surface area (Å²) in [6.45, 7) is 16.6. The third-order valence-electron chi connectivity index (χ3n) is 3.66. The number of hydrogen-bond acceptors (Lipinski definition) is 1. The normalized spacial score (nSPS) is 21.2. The van der Waals surface area contributed by atoms with Crippen molar-refractivity contribution in [3.8, 4) is 0 Å². The first-order valence-electron chi connectivity index (χ1n) is 6.54. The first-order valence-corrected chi connectivity index (χ1v) is 6.54. The Kier molecular flexibility index (Phi) is 3.89. The lowest BCUT2D eigenvalue weighted by molar-refractivity contribution is 0.341. The summed E-state index contributed by atoms with van der Waals surface area (Å²) in [7, 11) is 2.24. The van der Waals surface area contributed by atoms with E-state index >= 15 is 0 Å². The number of nitrogens with zero attached hydrogens (tertiary/aromatic N) is 1. The summed E-state index contributed by atoms with van der Waals surface area (Å²) in [4.78, 5) is 2.46. The summed E-state index contributed by atoms with van der Waals surface area (Å²) < 4.78 is 0. The lowest BCUT2D eigenvalue weighted by Crippen LogP contribution is -2.20. The van der Waals surface area contributed by atoms with E-state index in [1.807, 2.05) is 0 Å². The molecule has 0 N–H and O–H groups in total. The molecule has 0 saturated heterocycles. The highest BCUT2D eigenvalue weighted by Crippen LogP contribution is 2.41. The minimum Gasteiger partial charge on any atom is -0.306 e. The molecule has 0 radical (unpaired) electrons. The van der Waals surface area contributed by atoms with Gasteiger partial charge in [0, 0.05) is 13.1 Å². The summed E-state index contributed by atoms with van der Waals surface area (Å²) in [6.07, 6.45) is 2.49. The van der Waals surface area contributed by atoms with Crippen LogP contribution in [-0.4, -0.2) is 25.0 Å². The van der Waals surface area contributed by atoms with Crippen LogP contribution in [0, 0.1) is 10.8 Å². The topological polar surface area (TPSA) is 3.24 Å². The van der Waals surface area contributed by atoms with Crippen LogP contribution in [0.3, 0.4) is 0 Å². The maximum atomic E-state index is 2.46. The van der Waals surface area contributed by atoms with E-state index in [4.69, 9.17) is 0 Å². The molecule has 0 aromatic heterocycles. The van der Waals surface area contributed by atoms with Gasteiger partial charge in [-0.05, 0) is 30.7 Å². The average Bonchev–Trinajstić information content (AvgIpc) is 2.23. The van der Waals surface area contributed by atoms with Gasteiger partial charge >= 0.3 is 0 Å². The minimum absolute atomic E-state index is 0.327. The van der Waals surface area contributed by atoms with E-state index in [-0.39, 0.29) is 0 Å². The zero-order valence-electron chi connectivity index (χ0n) is 12.3. The van der Waals surface area contributed by atoms with E-state index in [2.05, 4.69) is 53.5 Å². The van der Waals surface area contributed by atoms with Gasteiger partial charge in [-0.3, -0.25) is 0 Å². The van der Waals surface area contributed by atoms with Crippen LogP contribution in [0.15, 0.2) is 11.1 Å². The van der Waals surface area contributed by atoms with Gasteiger partial charge in [-0.1, -0.05) is 52.7 Å². The smallest absolute Gasteiger partial charge is 0.00160 e. The van der Waals surface area contributed by atoms with Crippen molar-refractivity contribution in [2.45, 2.75) is 54.4 Å². The van der Waals surface area contributed by atoms with Gasteiger partial charge in [-0.2, -0.15) is 0 Å². The third-order valence-corrected chi connectivity index (χ3v) is 3.66. The summed E-state index contributed by atoms with van der Waals surface area (Å²) in [5.74, 6) is 0. The Hall–Kier alpha value is -0.300. The second kappa shape index (κ2) is 4.52. The van der Waals surface area contributed by atoms with Crippen molar-refractivity contribution < 1.29 is 0 Å². The Bertz CT molecular complexity index is 245. The molecule has 0 fully saturated rings. The van der Waals surface area contributed by atoms with Crippen molar-refractivity contribution >= 4 is 0 Å². The number of rotatable bonds is 0. The van der Waals surface area contributed by atoms with E-state index in [9.17, 15) is 0 Å². The maximum Gasteiger partial charge on any atom is 0.00160 e. The minimum atomic E-state index is 0.327. The lowest BCUT2D eigenvalue weighted by atomic mass is 9.73. The van der Waals surface area contributed by atoms with Gasteiger partial charge < -0.3 is 4.90 Å². The van der Waals surface area contributed by atoms with Gasteiger partial charge in [-0.15, -0.1) is 0 Å². The van der Waals surface area contributed by atoms with Crippen molar-refractivity contribution in [1.82, 2.24) is 4.90 Å². The Labute approximate surface area is 102 Å². The molecule has 0 aliphatic carbocycles. The van der Waals surface area contributed by atoms with Gasteiger partial charge in [0.05, 0.1) is 0 Å². The zero-order chi connectivity index (χ0) is 12.6. The van der Waals surface area contributed by atoms with Crippen molar-refractivity contribution in [2.24, 2.45) is 10.8 Å². The molecule has 1 nitrogen and oxygen atoms in total. The van der Waals surface area contributed by atoms with Crippen molar-refractivity contribution in [3.63, 3.8) is 0 Å². The molecule has 0 bridgehead atoms. The van der Waals surface area contributed by atoms with Crippen molar-refractivity contribution in [2.75, 3.05) is 20.1 Å². The van der Waals surface area contributed by atoms with Gasteiger partial charge in [0.2, 0.25) is 0 Å². The maximum absolute atomic E-state index is 2.46. The Morgan fingerprint density at radius 3 is 1.31 bits per heavy atom. The standard InChI is InChI=1S/C15H29N/c1-14(2,3)12-8-10-16(7)11-9-13(12)15(4,5)6/h8-11H2,1-7H3. The molecule has 1 aliphatic rings. The molecule has 0 saturated carbocycles. The van der Waals surface area contributed by atoms with Crippen LogP contribution in [-0.2, 0) is 0 Å². The van der Waals surface area contributed by atoms with Crippen LogP contribution < -0.4 is 0 Å². The highest BCUT2D eigenvalue weighted by Gasteiger charge is 2.29. The monoisotopic (exact) mass is 223 g/mol. The van der Waals surface area contributed by atoms with Gasteiger partial charge in [0.1, 0.15) is 0 Å². The SMILES string of the molecule is CN1CCC(C(C)(C)C)=C(C(C)(C)C)CC1. The molecule has 0 aromatic carbocycles. The molecule has 94 valence electrons. The molecule has 1 rings (SSSR count). The Balaban J connectivity index is 3.12. The largest absolute Gasteiger partial charge is 0.306 e. The molecule has 0 aromatic rings. The van der Waals surface area contributed by atoms with E-state index < -0.39 is 0 Å². The summed E-state index contributed by atoms with van der Waals surface area (Å²) in [5, 5.41) is 0. The van der Waals surface area contributed by atoms with Crippen LogP contribution in [0.4, 0.5) is 0 Å². The van der Waals surface area contributed by atoms with Crippen molar-refractivity contribution in [1.29, 1.82) is 0 Å². The highest BCUT2D eigenvalue weighted by atomic mass is 15.1. The molecule has 1 heteroatoms. The quantitative estimate of drug-likeness (QED) is 0.559. The first kappa shape index (κ1) is 13.8. The molecular weight excluding hydrogens is 194 g/mol. The van der Waals surface area contributed by atoms with Gasteiger partial charge in [0.25, 0.3) is 0 Å². The first-order chi connectivity index (χ1) is 7.12. The fourth-order valence-electron chi connectivity index (χ4n) is 2.67. The van der Waals surface area contributed by atoms with E-state index in [0.717, 1.165) is 0 Å². The Morgan fingerprint density at radius 1 is 0.750 bits per heavy atom. The summed E-state index contributed by atoms with van der Waals surface area (Å²) >= 11 is 0. The molecule has 0 unspecified atom stereocenters. The van der Waals surface area contributed by atoms with Crippen LogP contribution in [0.1, 0.15) is 54.4 Å². The van der Waals surface area contributed by atoms with Gasteiger partial charge in [0.15, 0.2) is 0 Å². The zero-order valence-corrected chi connectivity index (χ0v) is 12.3. The molecule has 0 spiro atoms. The predicted molar refractivity (Wildman–Crippen MR) is 72.7 cm³/mol. The average molecular weight is 223 g/mol. The van der Waals surface area contributed by atoms with Crippen LogP contribution in [0.2, 0.25) is 0 Å². The molecular formula is C15H29N. The second-order valence-corrected chi connectivity index (χ2v) is 7.26. The van der Waals surface area contributed by atoms with Crippen molar-refractivity contribution in [3.05, 3.63) is 11.1 Å². The van der Waals surface area contributed by atoms with Gasteiger partial charge in [-0.25, -0.2) is 0 Å². The third kappa shape index (κ3) is 3.35. The molecule has 1 heterocycles. The molecule has 0 atom stereocenters. The molecule has 1 aliphatic heterocycles. The lowest BCUT2D eigenvalue weighted by Gasteiger charge is -2.32. The fraction of sp³-hybridized carbons (Fsp3) is 0.867. The van der Waals surface area contributed by atoms with Crippen LogP contribution >= 0.6 is 0 Å². The highest BCUT2D eigenvalue weighted by molar-refractivity contribution is 5.26. The van der Waals surface area contributed by atoms with E-state index in [1.54, 1.807) is 11.1 Å². The summed E-state index contributed by atoms with van der Waals surface area (Å²) in [5.41, 5.74) is 4.05. The van der Waals surface area contributed by atoms with E-state index in [1.165, 1.54) is 25.9 Å².